The van der Waals surface area contributed by atoms with Crippen molar-refractivity contribution in [3.05, 3.63) is 70.8 Å². The van der Waals surface area contributed by atoms with Gasteiger partial charge in [0, 0.05) is 16.5 Å². The Labute approximate surface area is 152 Å². The lowest BCUT2D eigenvalue weighted by Gasteiger charge is -2.25. The van der Waals surface area contributed by atoms with Gasteiger partial charge in [-0.1, -0.05) is 30.3 Å². The molecule has 4 aromatic carbocycles. The molecule has 0 saturated carbocycles. The number of para-hydroxylation sites is 1. The van der Waals surface area contributed by atoms with Gasteiger partial charge in [-0.2, -0.15) is 0 Å². The molecule has 0 radical (unpaired) electrons. The highest BCUT2D eigenvalue weighted by atomic mass is 16.5. The van der Waals surface area contributed by atoms with E-state index in [-0.39, 0.29) is 0 Å². The molecule has 0 bridgehead atoms. The van der Waals surface area contributed by atoms with Gasteiger partial charge in [0.15, 0.2) is 6.29 Å². The van der Waals surface area contributed by atoms with E-state index in [0.717, 1.165) is 23.0 Å². The Morgan fingerprint density at radius 1 is 0.808 bits per heavy atom. The Bertz CT molecular complexity index is 1220. The molecule has 1 aliphatic heterocycles. The molecule has 0 amide bonds. The third-order valence-electron chi connectivity index (χ3n) is 5.54. The largest absolute Gasteiger partial charge is 0.455 e. The Morgan fingerprint density at radius 3 is 2.27 bits per heavy atom. The summed E-state index contributed by atoms with van der Waals surface area (Å²) in [5.41, 5.74) is 6.49. The fourth-order valence-electron chi connectivity index (χ4n) is 4.19. The van der Waals surface area contributed by atoms with Gasteiger partial charge in [-0.05, 0) is 71.8 Å². The van der Waals surface area contributed by atoms with Gasteiger partial charge in [0.25, 0.3) is 0 Å². The van der Waals surface area contributed by atoms with Crippen LogP contribution in [0.1, 0.15) is 27.0 Å². The van der Waals surface area contributed by atoms with Crippen LogP contribution in [0.2, 0.25) is 0 Å². The zero-order valence-corrected chi connectivity index (χ0v) is 15.0. The molecule has 0 N–H and O–H groups in total. The standard InChI is InChI=1S/C24H18O2/c1-13-7-8-15(3)21-18(13)11-19-14(2)9-10-20-22(19)23(21)17-6-4-5-16(12-25)24(17)26-20/h4-12H,1-3H3. The van der Waals surface area contributed by atoms with Crippen LogP contribution < -0.4 is 4.74 Å². The van der Waals surface area contributed by atoms with Crippen LogP contribution in [-0.2, 0) is 0 Å². The van der Waals surface area contributed by atoms with Crippen molar-refractivity contribution < 1.29 is 9.53 Å². The molecule has 0 fully saturated rings. The van der Waals surface area contributed by atoms with Gasteiger partial charge in [0.2, 0.25) is 0 Å². The van der Waals surface area contributed by atoms with Crippen LogP contribution in [0.15, 0.2) is 48.5 Å². The number of rotatable bonds is 1. The first-order valence-electron chi connectivity index (χ1n) is 8.83. The second-order valence-electron chi connectivity index (χ2n) is 7.12. The van der Waals surface area contributed by atoms with Crippen LogP contribution in [0.3, 0.4) is 0 Å². The van der Waals surface area contributed by atoms with Crippen molar-refractivity contribution in [1.29, 1.82) is 0 Å². The minimum Gasteiger partial charge on any atom is -0.455 e. The van der Waals surface area contributed by atoms with Crippen molar-refractivity contribution in [3.8, 4) is 22.6 Å². The second kappa shape index (κ2) is 5.18. The van der Waals surface area contributed by atoms with E-state index in [4.69, 9.17) is 4.74 Å². The molecule has 2 heteroatoms. The predicted octanol–water partition coefficient (Wildman–Crippen LogP) is 6.50. The lowest BCUT2D eigenvalue weighted by Crippen LogP contribution is -2.02. The maximum atomic E-state index is 11.6. The SMILES string of the molecule is Cc1ccc(C)c2c3c4c(ccc(C)c4cc12)Oc1c(C=O)cccc1-3. The van der Waals surface area contributed by atoms with Gasteiger partial charge in [0.05, 0.1) is 5.56 Å². The summed E-state index contributed by atoms with van der Waals surface area (Å²) in [6.07, 6.45) is 0.873. The van der Waals surface area contributed by atoms with Crippen molar-refractivity contribution in [2.75, 3.05) is 0 Å². The van der Waals surface area contributed by atoms with Crippen molar-refractivity contribution >= 4 is 27.8 Å². The Kier molecular flexibility index (Phi) is 3.02. The number of carbonyl (C=O) groups excluding carboxylic acids is 1. The molecule has 0 spiro atoms. The van der Waals surface area contributed by atoms with Crippen LogP contribution >= 0.6 is 0 Å². The summed E-state index contributed by atoms with van der Waals surface area (Å²) in [7, 11) is 0. The van der Waals surface area contributed by atoms with Crippen molar-refractivity contribution in [2.24, 2.45) is 0 Å². The van der Waals surface area contributed by atoms with E-state index in [1.165, 1.54) is 38.4 Å². The second-order valence-corrected chi connectivity index (χ2v) is 7.12. The lowest BCUT2D eigenvalue weighted by atomic mass is 9.85. The third-order valence-corrected chi connectivity index (χ3v) is 5.54. The normalized spacial score (nSPS) is 12.1. The van der Waals surface area contributed by atoms with Gasteiger partial charge in [-0.3, -0.25) is 4.79 Å². The molecular weight excluding hydrogens is 320 g/mol. The summed E-state index contributed by atoms with van der Waals surface area (Å²) in [6.45, 7) is 6.44. The van der Waals surface area contributed by atoms with Crippen LogP contribution in [-0.4, -0.2) is 6.29 Å². The van der Waals surface area contributed by atoms with E-state index < -0.39 is 0 Å². The summed E-state index contributed by atoms with van der Waals surface area (Å²) in [6, 6.07) is 16.5. The average Bonchev–Trinajstić information content (AvgIpc) is 2.66. The van der Waals surface area contributed by atoms with E-state index in [2.05, 4.69) is 51.1 Å². The highest BCUT2D eigenvalue weighted by Gasteiger charge is 2.26. The molecule has 126 valence electrons. The number of aryl methyl sites for hydroxylation is 3. The summed E-state index contributed by atoms with van der Waals surface area (Å²) in [4.78, 5) is 11.6. The van der Waals surface area contributed by atoms with Crippen LogP contribution in [0.4, 0.5) is 0 Å². The molecule has 1 aliphatic rings. The molecule has 4 aromatic rings. The average molecular weight is 338 g/mol. The molecule has 2 nitrogen and oxygen atoms in total. The van der Waals surface area contributed by atoms with Crippen LogP contribution in [0.5, 0.6) is 11.5 Å². The van der Waals surface area contributed by atoms with Crippen molar-refractivity contribution in [1.82, 2.24) is 0 Å². The highest BCUT2D eigenvalue weighted by molar-refractivity contribution is 6.19. The molecule has 5 rings (SSSR count). The minimum absolute atomic E-state index is 0.587. The smallest absolute Gasteiger partial charge is 0.153 e. The van der Waals surface area contributed by atoms with Gasteiger partial charge in [0.1, 0.15) is 11.5 Å². The molecule has 0 saturated heterocycles. The van der Waals surface area contributed by atoms with E-state index in [1.807, 2.05) is 18.2 Å². The number of fused-ring (bicyclic) bond motifs is 4. The molecule has 0 atom stereocenters. The van der Waals surface area contributed by atoms with Gasteiger partial charge in [-0.15, -0.1) is 0 Å². The summed E-state index contributed by atoms with van der Waals surface area (Å²) >= 11 is 0. The zero-order valence-electron chi connectivity index (χ0n) is 15.0. The minimum atomic E-state index is 0.587. The molecule has 0 aliphatic carbocycles. The number of carbonyl (C=O) groups is 1. The Hall–Kier alpha value is -3.13. The van der Waals surface area contributed by atoms with Crippen molar-refractivity contribution in [3.63, 3.8) is 0 Å². The number of benzene rings is 4. The van der Waals surface area contributed by atoms with Gasteiger partial charge < -0.3 is 4.74 Å². The lowest BCUT2D eigenvalue weighted by molar-refractivity contribution is 0.112. The van der Waals surface area contributed by atoms with Gasteiger partial charge >= 0.3 is 0 Å². The maximum absolute atomic E-state index is 11.6. The van der Waals surface area contributed by atoms with Crippen molar-refractivity contribution in [2.45, 2.75) is 20.8 Å². The fourth-order valence-corrected chi connectivity index (χ4v) is 4.19. The third kappa shape index (κ3) is 1.84. The first-order chi connectivity index (χ1) is 12.6. The van der Waals surface area contributed by atoms with E-state index in [9.17, 15) is 4.79 Å². The molecule has 1 heterocycles. The maximum Gasteiger partial charge on any atom is 0.153 e. The first-order valence-corrected chi connectivity index (χ1v) is 8.83. The molecule has 26 heavy (non-hydrogen) atoms. The number of hydrogen-bond donors (Lipinski definition) is 0. The molecule has 0 unspecified atom stereocenters. The number of ether oxygens (including phenoxy) is 1. The molecular formula is C24H18O2. The quantitative estimate of drug-likeness (QED) is 0.257. The van der Waals surface area contributed by atoms with E-state index >= 15 is 0 Å². The van der Waals surface area contributed by atoms with Crippen LogP contribution in [0, 0.1) is 20.8 Å². The summed E-state index contributed by atoms with van der Waals surface area (Å²) < 4.78 is 6.21. The predicted molar refractivity (Wildman–Crippen MR) is 107 cm³/mol. The van der Waals surface area contributed by atoms with E-state index in [0.29, 0.717) is 11.3 Å². The zero-order chi connectivity index (χ0) is 18.0. The highest BCUT2D eigenvalue weighted by Crippen LogP contribution is 2.51. The fraction of sp³-hybridized carbons (Fsp3) is 0.125. The summed E-state index contributed by atoms with van der Waals surface area (Å²) in [5.74, 6) is 1.48. The first kappa shape index (κ1) is 15.2. The number of hydrogen-bond acceptors (Lipinski definition) is 2. The van der Waals surface area contributed by atoms with Gasteiger partial charge in [-0.25, -0.2) is 0 Å². The Morgan fingerprint density at radius 2 is 1.50 bits per heavy atom. The monoisotopic (exact) mass is 338 g/mol. The Balaban J connectivity index is 2.12. The molecule has 0 aromatic heterocycles. The van der Waals surface area contributed by atoms with Crippen LogP contribution in [0.25, 0.3) is 32.7 Å². The van der Waals surface area contributed by atoms with E-state index in [1.54, 1.807) is 0 Å². The number of aldehydes is 1. The summed E-state index contributed by atoms with van der Waals surface area (Å²) in [5, 5.41) is 4.86. The topological polar surface area (TPSA) is 26.3 Å².